The van der Waals surface area contributed by atoms with Crippen LogP contribution in [0.4, 0.5) is 0 Å². The van der Waals surface area contributed by atoms with Gasteiger partial charge in [-0.05, 0) is 50.0 Å². The summed E-state index contributed by atoms with van der Waals surface area (Å²) in [5.41, 5.74) is 1.26. The van der Waals surface area contributed by atoms with Crippen LogP contribution in [-0.2, 0) is 4.79 Å². The van der Waals surface area contributed by atoms with Crippen LogP contribution in [0.15, 0.2) is 24.3 Å². The molecule has 1 aliphatic rings. The standard InChI is InChI=1S/C15H20ClNO2.ClH/c1-2-14(11-3-5-13(16)6-4-11)17-9-7-12(8-10-17)15(18)19;/h3-6,12,14H,2,7-10H2,1H3,(H,18,19);1H. The summed E-state index contributed by atoms with van der Waals surface area (Å²) in [6.07, 6.45) is 2.53. The van der Waals surface area contributed by atoms with E-state index in [0.29, 0.717) is 6.04 Å². The second-order valence-electron chi connectivity index (χ2n) is 5.12. The summed E-state index contributed by atoms with van der Waals surface area (Å²) < 4.78 is 0. The minimum atomic E-state index is -0.654. The fraction of sp³-hybridized carbons (Fsp3) is 0.533. The lowest BCUT2D eigenvalue weighted by atomic mass is 9.93. The third-order valence-corrected chi connectivity index (χ3v) is 4.21. The first-order chi connectivity index (χ1) is 9.11. The molecule has 1 atom stereocenters. The van der Waals surface area contributed by atoms with Crippen molar-refractivity contribution in [3.63, 3.8) is 0 Å². The van der Waals surface area contributed by atoms with Gasteiger partial charge in [-0.2, -0.15) is 0 Å². The molecule has 0 saturated carbocycles. The summed E-state index contributed by atoms with van der Waals surface area (Å²) >= 11 is 5.92. The summed E-state index contributed by atoms with van der Waals surface area (Å²) in [5, 5.41) is 9.79. The number of benzene rings is 1. The lowest BCUT2D eigenvalue weighted by Gasteiger charge is -2.36. The van der Waals surface area contributed by atoms with Crippen LogP contribution in [0.2, 0.25) is 5.02 Å². The van der Waals surface area contributed by atoms with Gasteiger partial charge in [0.25, 0.3) is 0 Å². The number of rotatable bonds is 4. The van der Waals surface area contributed by atoms with Crippen molar-refractivity contribution in [2.75, 3.05) is 13.1 Å². The summed E-state index contributed by atoms with van der Waals surface area (Å²) in [7, 11) is 0. The number of carboxylic acid groups (broad SMARTS) is 1. The molecule has 2 rings (SSSR count). The van der Waals surface area contributed by atoms with Gasteiger partial charge in [-0.3, -0.25) is 9.69 Å². The summed E-state index contributed by atoms with van der Waals surface area (Å²) in [6.45, 7) is 3.89. The van der Waals surface area contributed by atoms with Crippen LogP contribution in [-0.4, -0.2) is 29.1 Å². The Morgan fingerprint density at radius 1 is 1.35 bits per heavy atom. The Kier molecular flexibility index (Phi) is 6.80. The van der Waals surface area contributed by atoms with Crippen LogP contribution in [0.5, 0.6) is 0 Å². The van der Waals surface area contributed by atoms with Gasteiger partial charge in [0.1, 0.15) is 0 Å². The molecule has 112 valence electrons. The Hall–Kier alpha value is -0.770. The molecule has 20 heavy (non-hydrogen) atoms. The topological polar surface area (TPSA) is 40.5 Å². The number of aliphatic carboxylic acids is 1. The number of carbonyl (C=O) groups is 1. The van der Waals surface area contributed by atoms with Gasteiger partial charge in [0, 0.05) is 11.1 Å². The zero-order valence-corrected chi connectivity index (χ0v) is 13.2. The van der Waals surface area contributed by atoms with Crippen molar-refractivity contribution >= 4 is 30.0 Å². The Morgan fingerprint density at radius 2 is 1.90 bits per heavy atom. The Morgan fingerprint density at radius 3 is 2.35 bits per heavy atom. The van der Waals surface area contributed by atoms with E-state index in [2.05, 4.69) is 24.0 Å². The lowest BCUT2D eigenvalue weighted by Crippen LogP contribution is -2.38. The monoisotopic (exact) mass is 317 g/mol. The second-order valence-corrected chi connectivity index (χ2v) is 5.56. The van der Waals surface area contributed by atoms with E-state index >= 15 is 0 Å². The van der Waals surface area contributed by atoms with Gasteiger partial charge in [0.15, 0.2) is 0 Å². The Balaban J connectivity index is 0.00000200. The number of halogens is 2. The Labute approximate surface area is 131 Å². The third-order valence-electron chi connectivity index (χ3n) is 3.96. The minimum absolute atomic E-state index is 0. The summed E-state index contributed by atoms with van der Waals surface area (Å²) in [5.74, 6) is -0.821. The van der Waals surface area contributed by atoms with Crippen molar-refractivity contribution < 1.29 is 9.90 Å². The largest absolute Gasteiger partial charge is 0.481 e. The Bertz CT molecular complexity index is 428. The molecular weight excluding hydrogens is 297 g/mol. The van der Waals surface area contributed by atoms with E-state index in [-0.39, 0.29) is 18.3 Å². The van der Waals surface area contributed by atoms with E-state index in [0.717, 1.165) is 37.4 Å². The minimum Gasteiger partial charge on any atom is -0.481 e. The third kappa shape index (κ3) is 4.11. The smallest absolute Gasteiger partial charge is 0.306 e. The van der Waals surface area contributed by atoms with Crippen LogP contribution in [0.3, 0.4) is 0 Å². The van der Waals surface area contributed by atoms with Gasteiger partial charge < -0.3 is 5.11 Å². The zero-order chi connectivity index (χ0) is 13.8. The van der Waals surface area contributed by atoms with Crippen molar-refractivity contribution in [1.29, 1.82) is 0 Å². The predicted molar refractivity (Wildman–Crippen MR) is 83.7 cm³/mol. The van der Waals surface area contributed by atoms with Crippen molar-refractivity contribution in [3.8, 4) is 0 Å². The summed E-state index contributed by atoms with van der Waals surface area (Å²) in [6, 6.07) is 8.35. The van der Waals surface area contributed by atoms with Crippen molar-refractivity contribution in [3.05, 3.63) is 34.9 Å². The highest BCUT2D eigenvalue weighted by molar-refractivity contribution is 6.30. The van der Waals surface area contributed by atoms with E-state index in [1.807, 2.05) is 12.1 Å². The maximum atomic E-state index is 11.0. The molecule has 1 aromatic carbocycles. The molecule has 1 saturated heterocycles. The number of nitrogens with zero attached hydrogens (tertiary/aromatic N) is 1. The normalized spacial score (nSPS) is 18.3. The van der Waals surface area contributed by atoms with Gasteiger partial charge >= 0.3 is 5.97 Å². The van der Waals surface area contributed by atoms with Gasteiger partial charge in [-0.25, -0.2) is 0 Å². The number of likely N-dealkylation sites (tertiary alicyclic amines) is 1. The average molecular weight is 318 g/mol. The molecule has 3 nitrogen and oxygen atoms in total. The summed E-state index contributed by atoms with van der Waals surface area (Å²) in [4.78, 5) is 13.4. The predicted octanol–water partition coefficient (Wildman–Crippen LogP) is 4.01. The first-order valence-electron chi connectivity index (χ1n) is 6.84. The number of piperidine rings is 1. The molecule has 0 aliphatic carbocycles. The molecule has 1 fully saturated rings. The first kappa shape index (κ1) is 17.3. The van der Waals surface area contributed by atoms with E-state index < -0.39 is 5.97 Å². The number of hydrogen-bond donors (Lipinski definition) is 1. The van der Waals surface area contributed by atoms with Gasteiger partial charge in [-0.15, -0.1) is 12.4 Å². The van der Waals surface area contributed by atoms with Crippen molar-refractivity contribution in [2.24, 2.45) is 5.92 Å². The van der Waals surface area contributed by atoms with Crippen LogP contribution >= 0.6 is 24.0 Å². The van der Waals surface area contributed by atoms with Gasteiger partial charge in [-0.1, -0.05) is 30.7 Å². The molecule has 0 spiro atoms. The van der Waals surface area contributed by atoms with Crippen molar-refractivity contribution in [1.82, 2.24) is 4.90 Å². The SMILES string of the molecule is CCC(c1ccc(Cl)cc1)N1CCC(C(=O)O)CC1.Cl. The maximum Gasteiger partial charge on any atom is 0.306 e. The molecule has 5 heteroatoms. The molecule has 0 radical (unpaired) electrons. The highest BCUT2D eigenvalue weighted by atomic mass is 35.5. The highest BCUT2D eigenvalue weighted by Gasteiger charge is 2.28. The quantitative estimate of drug-likeness (QED) is 0.912. The number of carboxylic acids is 1. The molecule has 0 amide bonds. The number of hydrogen-bond acceptors (Lipinski definition) is 2. The molecule has 1 heterocycles. The maximum absolute atomic E-state index is 11.0. The van der Waals surface area contributed by atoms with Crippen LogP contribution < -0.4 is 0 Å². The molecular formula is C15H21Cl2NO2. The van der Waals surface area contributed by atoms with Gasteiger partial charge in [0.05, 0.1) is 5.92 Å². The zero-order valence-electron chi connectivity index (χ0n) is 11.6. The molecule has 0 bridgehead atoms. The lowest BCUT2D eigenvalue weighted by molar-refractivity contribution is -0.143. The fourth-order valence-electron chi connectivity index (χ4n) is 2.85. The van der Waals surface area contributed by atoms with Gasteiger partial charge in [0.2, 0.25) is 0 Å². The van der Waals surface area contributed by atoms with Crippen LogP contribution in [0.25, 0.3) is 0 Å². The first-order valence-corrected chi connectivity index (χ1v) is 7.22. The fourth-order valence-corrected chi connectivity index (χ4v) is 2.97. The van der Waals surface area contributed by atoms with E-state index in [9.17, 15) is 4.79 Å². The molecule has 0 aromatic heterocycles. The van der Waals surface area contributed by atoms with E-state index in [1.54, 1.807) is 0 Å². The average Bonchev–Trinajstić information content (AvgIpc) is 2.42. The van der Waals surface area contributed by atoms with Crippen LogP contribution in [0, 0.1) is 5.92 Å². The van der Waals surface area contributed by atoms with Crippen LogP contribution in [0.1, 0.15) is 37.8 Å². The second kappa shape index (κ2) is 7.87. The molecule has 1 unspecified atom stereocenters. The highest BCUT2D eigenvalue weighted by Crippen LogP contribution is 2.29. The molecule has 1 aromatic rings. The molecule has 1 N–H and O–H groups in total. The molecule has 1 aliphatic heterocycles. The van der Waals surface area contributed by atoms with E-state index in [4.69, 9.17) is 16.7 Å². The van der Waals surface area contributed by atoms with E-state index in [1.165, 1.54) is 5.56 Å². The van der Waals surface area contributed by atoms with Crippen molar-refractivity contribution in [2.45, 2.75) is 32.2 Å².